The summed E-state index contributed by atoms with van der Waals surface area (Å²) in [5.74, 6) is -0.111. The van der Waals surface area contributed by atoms with Gasteiger partial charge in [0.25, 0.3) is 5.91 Å². The number of amides is 2. The van der Waals surface area contributed by atoms with Gasteiger partial charge in [-0.3, -0.25) is 9.59 Å². The van der Waals surface area contributed by atoms with E-state index in [0.717, 1.165) is 36.3 Å². The Morgan fingerprint density at radius 3 is 2.57 bits per heavy atom. The third-order valence-electron chi connectivity index (χ3n) is 5.28. The van der Waals surface area contributed by atoms with Crippen molar-refractivity contribution < 1.29 is 9.59 Å². The van der Waals surface area contributed by atoms with Crippen LogP contribution in [0, 0.1) is 0 Å². The van der Waals surface area contributed by atoms with Gasteiger partial charge in [0, 0.05) is 30.0 Å². The van der Waals surface area contributed by atoms with E-state index in [9.17, 15) is 9.59 Å². The fourth-order valence-electron chi connectivity index (χ4n) is 3.72. The zero-order valence-corrected chi connectivity index (χ0v) is 16.8. The SMILES string of the molecule is O=C(NCc1ccccc1)c1cccc(NCC(=O)N2CCCc3ccccc32)c1. The maximum Gasteiger partial charge on any atom is 0.251 e. The summed E-state index contributed by atoms with van der Waals surface area (Å²) in [5.41, 5.74) is 4.58. The lowest BCUT2D eigenvalue weighted by atomic mass is 10.0. The summed E-state index contributed by atoms with van der Waals surface area (Å²) in [6.45, 7) is 1.40. The van der Waals surface area contributed by atoms with Gasteiger partial charge in [-0.25, -0.2) is 0 Å². The molecule has 0 aliphatic carbocycles. The number of benzene rings is 3. The molecule has 3 aromatic carbocycles. The van der Waals surface area contributed by atoms with E-state index in [-0.39, 0.29) is 18.4 Å². The van der Waals surface area contributed by atoms with Crippen LogP contribution in [0.25, 0.3) is 0 Å². The number of nitrogens with one attached hydrogen (secondary N) is 2. The van der Waals surface area contributed by atoms with E-state index in [1.165, 1.54) is 5.56 Å². The number of aryl methyl sites for hydroxylation is 1. The normalized spacial score (nSPS) is 12.7. The molecule has 0 bridgehead atoms. The molecule has 5 heteroatoms. The maximum absolute atomic E-state index is 12.8. The molecule has 1 aliphatic heterocycles. The molecule has 1 aliphatic rings. The van der Waals surface area contributed by atoms with Crippen LogP contribution >= 0.6 is 0 Å². The number of carbonyl (C=O) groups excluding carboxylic acids is 2. The van der Waals surface area contributed by atoms with Gasteiger partial charge in [0.05, 0.1) is 6.54 Å². The monoisotopic (exact) mass is 399 g/mol. The molecule has 0 unspecified atom stereocenters. The van der Waals surface area contributed by atoms with E-state index < -0.39 is 0 Å². The van der Waals surface area contributed by atoms with Crippen LogP contribution in [0.5, 0.6) is 0 Å². The second-order valence-corrected chi connectivity index (χ2v) is 7.38. The van der Waals surface area contributed by atoms with Crippen molar-refractivity contribution in [1.29, 1.82) is 0 Å². The Labute approximate surface area is 176 Å². The van der Waals surface area contributed by atoms with Gasteiger partial charge < -0.3 is 15.5 Å². The minimum Gasteiger partial charge on any atom is -0.376 e. The molecule has 4 rings (SSSR count). The lowest BCUT2D eigenvalue weighted by Crippen LogP contribution is -2.39. The van der Waals surface area contributed by atoms with Crippen LogP contribution in [0.2, 0.25) is 0 Å². The lowest BCUT2D eigenvalue weighted by Gasteiger charge is -2.29. The Bertz CT molecular complexity index is 1030. The average Bonchev–Trinajstić information content (AvgIpc) is 2.81. The number of hydrogen-bond donors (Lipinski definition) is 2. The molecular weight excluding hydrogens is 374 g/mol. The maximum atomic E-state index is 12.8. The molecule has 3 aromatic rings. The van der Waals surface area contributed by atoms with Gasteiger partial charge in [0.15, 0.2) is 0 Å². The molecule has 0 radical (unpaired) electrons. The molecule has 2 N–H and O–H groups in total. The zero-order chi connectivity index (χ0) is 20.8. The predicted molar refractivity (Wildman–Crippen MR) is 120 cm³/mol. The number of rotatable bonds is 6. The van der Waals surface area contributed by atoms with Crippen LogP contribution in [0.15, 0.2) is 78.9 Å². The van der Waals surface area contributed by atoms with Crippen molar-refractivity contribution in [2.45, 2.75) is 19.4 Å². The van der Waals surface area contributed by atoms with Gasteiger partial charge in [-0.05, 0) is 48.2 Å². The predicted octanol–water partition coefficient (Wildman–Crippen LogP) is 4.01. The van der Waals surface area contributed by atoms with Crippen molar-refractivity contribution in [1.82, 2.24) is 5.32 Å². The molecule has 30 heavy (non-hydrogen) atoms. The van der Waals surface area contributed by atoms with Crippen molar-refractivity contribution in [2.75, 3.05) is 23.3 Å². The van der Waals surface area contributed by atoms with E-state index >= 15 is 0 Å². The first-order valence-corrected chi connectivity index (χ1v) is 10.2. The highest BCUT2D eigenvalue weighted by molar-refractivity contribution is 5.98. The standard InChI is InChI=1S/C25H25N3O2/c29-24(28-15-7-12-20-10-4-5-14-23(20)28)18-26-22-13-6-11-21(16-22)25(30)27-17-19-8-2-1-3-9-19/h1-6,8-11,13-14,16,26H,7,12,15,17-18H2,(H,27,30). The summed E-state index contributed by atoms with van der Waals surface area (Å²) < 4.78 is 0. The van der Waals surface area contributed by atoms with Crippen LogP contribution in [-0.2, 0) is 17.8 Å². The summed E-state index contributed by atoms with van der Waals surface area (Å²) in [5, 5.41) is 6.10. The molecule has 5 nitrogen and oxygen atoms in total. The highest BCUT2D eigenvalue weighted by Gasteiger charge is 2.21. The van der Waals surface area contributed by atoms with Gasteiger partial charge >= 0.3 is 0 Å². The molecule has 0 saturated heterocycles. The lowest BCUT2D eigenvalue weighted by molar-refractivity contribution is -0.117. The van der Waals surface area contributed by atoms with E-state index in [1.54, 1.807) is 12.1 Å². The molecule has 0 aromatic heterocycles. The first-order valence-electron chi connectivity index (χ1n) is 10.2. The molecule has 1 heterocycles. The van der Waals surface area contributed by atoms with Gasteiger partial charge in [0.2, 0.25) is 5.91 Å². The van der Waals surface area contributed by atoms with E-state index in [4.69, 9.17) is 0 Å². The van der Waals surface area contributed by atoms with Crippen molar-refractivity contribution in [3.05, 3.63) is 95.6 Å². The Morgan fingerprint density at radius 2 is 1.70 bits per heavy atom. The minimum atomic E-state index is -0.140. The number of anilines is 2. The third-order valence-corrected chi connectivity index (χ3v) is 5.28. The first kappa shape index (κ1) is 19.7. The number of para-hydroxylation sites is 1. The second kappa shape index (κ2) is 9.27. The van der Waals surface area contributed by atoms with Crippen molar-refractivity contribution in [2.24, 2.45) is 0 Å². The van der Waals surface area contributed by atoms with Crippen molar-refractivity contribution in [3.63, 3.8) is 0 Å². The Morgan fingerprint density at radius 1 is 0.900 bits per heavy atom. The summed E-state index contributed by atoms with van der Waals surface area (Å²) in [6.07, 6.45) is 1.98. The fourth-order valence-corrected chi connectivity index (χ4v) is 3.72. The largest absolute Gasteiger partial charge is 0.376 e. The third kappa shape index (κ3) is 4.69. The summed E-state index contributed by atoms with van der Waals surface area (Å²) in [6, 6.07) is 25.1. The summed E-state index contributed by atoms with van der Waals surface area (Å²) in [4.78, 5) is 27.1. The van der Waals surface area contributed by atoms with Gasteiger partial charge in [-0.15, -0.1) is 0 Å². The molecule has 0 spiro atoms. The number of carbonyl (C=O) groups is 2. The Hall–Kier alpha value is -3.60. The summed E-state index contributed by atoms with van der Waals surface area (Å²) in [7, 11) is 0. The van der Waals surface area contributed by atoms with E-state index in [2.05, 4.69) is 16.7 Å². The summed E-state index contributed by atoms with van der Waals surface area (Å²) >= 11 is 0. The molecule has 152 valence electrons. The molecular formula is C25H25N3O2. The topological polar surface area (TPSA) is 61.4 Å². The van der Waals surface area contributed by atoms with E-state index in [0.29, 0.717) is 12.1 Å². The zero-order valence-electron chi connectivity index (χ0n) is 16.8. The molecule has 2 amide bonds. The van der Waals surface area contributed by atoms with Crippen LogP contribution in [-0.4, -0.2) is 24.9 Å². The molecule has 0 fully saturated rings. The second-order valence-electron chi connectivity index (χ2n) is 7.38. The smallest absolute Gasteiger partial charge is 0.251 e. The fraction of sp³-hybridized carbons (Fsp3) is 0.200. The molecule has 0 saturated carbocycles. The van der Waals surface area contributed by atoms with Crippen molar-refractivity contribution >= 4 is 23.2 Å². The number of fused-ring (bicyclic) bond motifs is 1. The van der Waals surface area contributed by atoms with Gasteiger partial charge in [-0.2, -0.15) is 0 Å². The van der Waals surface area contributed by atoms with Crippen LogP contribution in [0.1, 0.15) is 27.9 Å². The van der Waals surface area contributed by atoms with Crippen molar-refractivity contribution in [3.8, 4) is 0 Å². The Balaban J connectivity index is 1.35. The number of hydrogen-bond acceptors (Lipinski definition) is 3. The first-order chi connectivity index (χ1) is 14.7. The molecule has 0 atom stereocenters. The van der Waals surface area contributed by atoms with Crippen LogP contribution < -0.4 is 15.5 Å². The highest BCUT2D eigenvalue weighted by Crippen LogP contribution is 2.26. The van der Waals surface area contributed by atoms with Gasteiger partial charge in [0.1, 0.15) is 0 Å². The quantitative estimate of drug-likeness (QED) is 0.658. The van der Waals surface area contributed by atoms with E-state index in [1.807, 2.05) is 65.6 Å². The number of nitrogens with zero attached hydrogens (tertiary/aromatic N) is 1. The van der Waals surface area contributed by atoms with Gasteiger partial charge in [-0.1, -0.05) is 54.6 Å². The van der Waals surface area contributed by atoms with Crippen LogP contribution in [0.4, 0.5) is 11.4 Å². The average molecular weight is 399 g/mol. The van der Waals surface area contributed by atoms with Crippen LogP contribution in [0.3, 0.4) is 0 Å². The minimum absolute atomic E-state index is 0.0288. The Kier molecular flexibility index (Phi) is 6.09. The highest BCUT2D eigenvalue weighted by atomic mass is 16.2.